The van der Waals surface area contributed by atoms with Crippen molar-refractivity contribution in [3.63, 3.8) is 0 Å². The number of hydrogen-bond donors (Lipinski definition) is 3. The van der Waals surface area contributed by atoms with E-state index < -0.39 is 40.0 Å². The zero-order chi connectivity index (χ0) is 34.0. The van der Waals surface area contributed by atoms with Gasteiger partial charge in [-0.25, -0.2) is 27.0 Å². The molecule has 11 nitrogen and oxygen atoms in total. The van der Waals surface area contributed by atoms with Gasteiger partial charge in [0.15, 0.2) is 0 Å². The van der Waals surface area contributed by atoms with Gasteiger partial charge in [0.2, 0.25) is 21.8 Å². The van der Waals surface area contributed by atoms with Crippen molar-refractivity contribution in [3.8, 4) is 11.6 Å². The van der Waals surface area contributed by atoms with Gasteiger partial charge in [0, 0.05) is 56.2 Å². The number of nitrogens with two attached hydrogens (primary N) is 1. The summed E-state index contributed by atoms with van der Waals surface area (Å²) in [5, 5.41) is 2.60. The molecule has 0 unspecified atom stereocenters. The van der Waals surface area contributed by atoms with Gasteiger partial charge in [-0.15, -0.1) is 12.4 Å². The third-order valence-electron chi connectivity index (χ3n) is 7.94. The highest BCUT2D eigenvalue weighted by atomic mass is 35.5. The lowest BCUT2D eigenvalue weighted by molar-refractivity contribution is -0.117. The second-order valence-corrected chi connectivity index (χ2v) is 13.6. The van der Waals surface area contributed by atoms with Crippen LogP contribution in [0, 0.1) is 11.6 Å². The number of primary amides is 1. The highest BCUT2D eigenvalue weighted by Gasteiger charge is 2.28. The first-order chi connectivity index (χ1) is 22.5. The van der Waals surface area contributed by atoms with Crippen LogP contribution in [-0.4, -0.2) is 66.6 Å². The molecule has 3 aromatic rings. The number of nitrogens with one attached hydrogen (secondary N) is 2. The number of hydrogen-bond acceptors (Lipinski definition) is 7. The Hall–Kier alpha value is -4.01. The fraction of sp³-hybridized carbons (Fsp3) is 0.424. The number of unbranched alkanes of at least 4 members (excludes halogenated alkanes) is 2. The summed E-state index contributed by atoms with van der Waals surface area (Å²) in [6, 6.07) is 11.5. The van der Waals surface area contributed by atoms with Crippen LogP contribution >= 0.6 is 12.4 Å². The average Bonchev–Trinajstić information content (AvgIpc) is 3.04. The maximum atomic E-state index is 14.6. The summed E-state index contributed by atoms with van der Waals surface area (Å²) < 4.78 is 60.5. The number of carbonyl (C=O) groups excluding carboxylic acids is 2. The number of sulfonamides is 1. The van der Waals surface area contributed by atoms with Crippen molar-refractivity contribution >= 4 is 45.7 Å². The molecule has 0 saturated carbocycles. The Kier molecular flexibility index (Phi) is 14.4. The molecular formula is C33H43ClF2N6O5S. The maximum absolute atomic E-state index is 14.6. The second kappa shape index (κ2) is 17.9. The Labute approximate surface area is 286 Å². The number of ether oxygens (including phenoxy) is 1. The number of aromatic nitrogens is 1. The molecule has 262 valence electrons. The van der Waals surface area contributed by atoms with Crippen molar-refractivity contribution in [2.24, 2.45) is 5.73 Å². The minimum Gasteiger partial charge on any atom is -0.439 e. The molecule has 0 atom stereocenters. The molecule has 3 amide bonds. The van der Waals surface area contributed by atoms with Crippen LogP contribution in [0.3, 0.4) is 0 Å². The number of piperidine rings is 1. The molecule has 2 heterocycles. The van der Waals surface area contributed by atoms with E-state index >= 15 is 0 Å². The quantitative estimate of drug-likeness (QED) is 0.163. The van der Waals surface area contributed by atoms with Crippen LogP contribution in [0.5, 0.6) is 11.6 Å². The number of nitrogens with zero attached hydrogens (tertiary/aromatic N) is 3. The minimum atomic E-state index is -3.36. The smallest absolute Gasteiger partial charge is 0.322 e. The normalized spacial score (nSPS) is 13.8. The molecule has 1 saturated heterocycles. The molecule has 1 aromatic heterocycles. The molecule has 0 aliphatic carbocycles. The van der Waals surface area contributed by atoms with Gasteiger partial charge in [-0.3, -0.25) is 14.4 Å². The van der Waals surface area contributed by atoms with Gasteiger partial charge >= 0.3 is 6.03 Å². The van der Waals surface area contributed by atoms with Crippen molar-refractivity contribution in [1.82, 2.24) is 14.8 Å². The fourth-order valence-electron chi connectivity index (χ4n) is 5.36. The zero-order valence-corrected chi connectivity index (χ0v) is 28.7. The summed E-state index contributed by atoms with van der Waals surface area (Å²) in [4.78, 5) is 33.1. The van der Waals surface area contributed by atoms with Gasteiger partial charge in [-0.2, -0.15) is 0 Å². The van der Waals surface area contributed by atoms with E-state index in [1.54, 1.807) is 48.4 Å². The Balaban J connectivity index is 0.00000625. The van der Waals surface area contributed by atoms with E-state index in [4.69, 9.17) is 10.5 Å². The lowest BCUT2D eigenvalue weighted by atomic mass is 10.0. The summed E-state index contributed by atoms with van der Waals surface area (Å²) in [5.74, 6) is -1.67. The minimum absolute atomic E-state index is 0. The summed E-state index contributed by atoms with van der Waals surface area (Å²) in [6.07, 6.45) is 5.50. The van der Waals surface area contributed by atoms with Gasteiger partial charge in [-0.1, -0.05) is 25.8 Å². The van der Waals surface area contributed by atoms with Crippen LogP contribution in [0.25, 0.3) is 0 Å². The first-order valence-corrected chi connectivity index (χ1v) is 17.4. The molecule has 4 rings (SSSR count). The van der Waals surface area contributed by atoms with E-state index in [2.05, 4.69) is 26.8 Å². The molecule has 4 N–H and O–H groups in total. The second-order valence-electron chi connectivity index (χ2n) is 11.5. The van der Waals surface area contributed by atoms with Crippen LogP contribution in [0.2, 0.25) is 0 Å². The number of pyridine rings is 1. The third kappa shape index (κ3) is 11.3. The number of carbonyl (C=O) groups is 2. The lowest BCUT2D eigenvalue weighted by Crippen LogP contribution is -2.49. The molecular weight excluding hydrogens is 666 g/mol. The van der Waals surface area contributed by atoms with Crippen LogP contribution in [-0.2, 0) is 27.8 Å². The van der Waals surface area contributed by atoms with Gasteiger partial charge in [0.25, 0.3) is 0 Å². The molecule has 0 radical (unpaired) electrons. The van der Waals surface area contributed by atoms with Crippen LogP contribution in [0.4, 0.5) is 25.0 Å². The fourth-order valence-corrected chi connectivity index (χ4v) is 6.00. The Morgan fingerprint density at radius 2 is 1.75 bits per heavy atom. The van der Waals surface area contributed by atoms with E-state index in [0.717, 1.165) is 56.8 Å². The van der Waals surface area contributed by atoms with Crippen molar-refractivity contribution in [2.75, 3.05) is 35.4 Å². The predicted molar refractivity (Wildman–Crippen MR) is 184 cm³/mol. The summed E-state index contributed by atoms with van der Waals surface area (Å²) in [6.45, 7) is 6.28. The topological polar surface area (TPSA) is 147 Å². The molecule has 15 heteroatoms. The van der Waals surface area contributed by atoms with Crippen molar-refractivity contribution in [3.05, 3.63) is 77.5 Å². The van der Waals surface area contributed by atoms with E-state index in [-0.39, 0.29) is 35.5 Å². The van der Waals surface area contributed by atoms with E-state index in [0.29, 0.717) is 36.5 Å². The molecule has 2 aromatic carbocycles. The number of halogens is 3. The monoisotopic (exact) mass is 708 g/mol. The number of anilines is 2. The maximum Gasteiger partial charge on any atom is 0.322 e. The van der Waals surface area contributed by atoms with Crippen LogP contribution in [0.15, 0.2) is 54.7 Å². The number of likely N-dealkylation sites (tertiary alicyclic amines) is 1. The molecule has 0 spiro atoms. The van der Waals surface area contributed by atoms with Gasteiger partial charge in [-0.05, 0) is 67.6 Å². The SMILES string of the molecule is CCCCCN(C(=O)Nc1cc(CC(N)=O)c(F)cc1F)C1CCN(Cc2ccc(Oc3ccc(NS(=O)(=O)CC)cc3)nc2)CC1.Cl. The molecule has 48 heavy (non-hydrogen) atoms. The Morgan fingerprint density at radius 1 is 1.04 bits per heavy atom. The van der Waals surface area contributed by atoms with Crippen LogP contribution in [0.1, 0.15) is 57.1 Å². The highest BCUT2D eigenvalue weighted by molar-refractivity contribution is 7.92. The number of benzene rings is 2. The van der Waals surface area contributed by atoms with E-state index in [9.17, 15) is 26.8 Å². The van der Waals surface area contributed by atoms with Crippen molar-refractivity contribution < 1.29 is 31.5 Å². The third-order valence-corrected chi connectivity index (χ3v) is 9.24. The van der Waals surface area contributed by atoms with E-state index in [1.807, 2.05) is 6.07 Å². The Morgan fingerprint density at radius 3 is 2.35 bits per heavy atom. The van der Waals surface area contributed by atoms with Crippen LogP contribution < -0.4 is 20.5 Å². The zero-order valence-electron chi connectivity index (χ0n) is 27.1. The van der Waals surface area contributed by atoms with Crippen molar-refractivity contribution in [1.29, 1.82) is 0 Å². The van der Waals surface area contributed by atoms with Gasteiger partial charge in [0.05, 0.1) is 17.9 Å². The first kappa shape index (κ1) is 38.4. The predicted octanol–water partition coefficient (Wildman–Crippen LogP) is 6.05. The summed E-state index contributed by atoms with van der Waals surface area (Å²) >= 11 is 0. The molecule has 1 fully saturated rings. The molecule has 0 bridgehead atoms. The number of rotatable bonds is 15. The van der Waals surface area contributed by atoms with Gasteiger partial charge < -0.3 is 20.7 Å². The Bertz CT molecular complexity index is 1620. The van der Waals surface area contributed by atoms with Crippen molar-refractivity contribution in [2.45, 2.75) is 65.0 Å². The number of urea groups is 1. The molecule has 1 aliphatic heterocycles. The van der Waals surface area contributed by atoms with E-state index in [1.165, 1.54) is 0 Å². The first-order valence-electron chi connectivity index (χ1n) is 15.8. The average molecular weight is 709 g/mol. The highest BCUT2D eigenvalue weighted by Crippen LogP contribution is 2.25. The molecule has 1 aliphatic rings. The summed E-state index contributed by atoms with van der Waals surface area (Å²) in [7, 11) is -3.36. The van der Waals surface area contributed by atoms with Gasteiger partial charge in [0.1, 0.15) is 17.4 Å². The number of amides is 3. The summed E-state index contributed by atoms with van der Waals surface area (Å²) in [5.41, 5.74) is 6.36. The largest absolute Gasteiger partial charge is 0.439 e. The lowest BCUT2D eigenvalue weighted by Gasteiger charge is -2.38. The standard InChI is InChI=1S/C33H42F2N6O5S.ClH/c1-3-5-6-15-41(33(43)38-30-18-24(19-31(36)42)28(34)20-29(30)35)26-13-16-40(17-14-26)22-23-7-12-32(37-21-23)46-27-10-8-25(9-11-27)39-47(44,45)4-2;/h7-12,18,20-21,26,39H,3-6,13-17,19,22H2,1-2H3,(H2,36,42)(H,38,43);1H.